The van der Waals surface area contributed by atoms with Crippen LogP contribution in [-0.4, -0.2) is 16.3 Å². The molecule has 0 amide bonds. The molecular formula is C20H25N3. The Balaban J connectivity index is 1.43. The van der Waals surface area contributed by atoms with Crippen LogP contribution in [0, 0.1) is 31.6 Å². The van der Waals surface area contributed by atoms with Gasteiger partial charge in [0.05, 0.1) is 11.4 Å². The fraction of sp³-hybridized carbons (Fsp3) is 0.450. The standard InChI is InChI=1S/C20H25N3/c1-14-20(13-21-12-18-11-16-8-9-17(18)10-16)15(2)23(22-14)19-6-4-3-5-7-19/h3-9,16-18,21H,10-13H2,1-2H3/t16-,17-,18-/m0/s1. The number of benzene rings is 1. The summed E-state index contributed by atoms with van der Waals surface area (Å²) >= 11 is 0. The van der Waals surface area contributed by atoms with E-state index in [1.54, 1.807) is 0 Å². The van der Waals surface area contributed by atoms with E-state index in [1.165, 1.54) is 24.1 Å². The summed E-state index contributed by atoms with van der Waals surface area (Å²) < 4.78 is 2.06. The van der Waals surface area contributed by atoms with Crippen molar-refractivity contribution >= 4 is 0 Å². The summed E-state index contributed by atoms with van der Waals surface area (Å²) in [5.74, 6) is 2.51. The van der Waals surface area contributed by atoms with E-state index in [0.717, 1.165) is 42.2 Å². The van der Waals surface area contributed by atoms with E-state index < -0.39 is 0 Å². The van der Waals surface area contributed by atoms with E-state index in [-0.39, 0.29) is 0 Å². The number of hydrogen-bond acceptors (Lipinski definition) is 2. The molecule has 1 N–H and O–H groups in total. The lowest BCUT2D eigenvalue weighted by Crippen LogP contribution is -2.25. The van der Waals surface area contributed by atoms with Gasteiger partial charge in [-0.15, -0.1) is 0 Å². The molecule has 2 aromatic rings. The zero-order valence-corrected chi connectivity index (χ0v) is 14.0. The summed E-state index contributed by atoms with van der Waals surface area (Å²) in [7, 11) is 0. The van der Waals surface area contributed by atoms with E-state index >= 15 is 0 Å². The third-order valence-electron chi connectivity index (χ3n) is 5.57. The average molecular weight is 307 g/mol. The molecule has 3 atom stereocenters. The lowest BCUT2D eigenvalue weighted by molar-refractivity contribution is 0.414. The normalized spacial score (nSPS) is 25.4. The Kier molecular flexibility index (Phi) is 3.82. The molecule has 0 spiro atoms. The first-order valence-electron chi connectivity index (χ1n) is 8.72. The van der Waals surface area contributed by atoms with Gasteiger partial charge in [0.15, 0.2) is 0 Å². The molecule has 1 aromatic heterocycles. The van der Waals surface area contributed by atoms with Crippen molar-refractivity contribution in [3.8, 4) is 5.69 Å². The smallest absolute Gasteiger partial charge is 0.0648 e. The Morgan fingerprint density at radius 1 is 1.13 bits per heavy atom. The molecule has 1 heterocycles. The van der Waals surface area contributed by atoms with E-state index in [1.807, 2.05) is 6.07 Å². The molecule has 120 valence electrons. The van der Waals surface area contributed by atoms with Crippen LogP contribution < -0.4 is 5.32 Å². The first-order valence-corrected chi connectivity index (χ1v) is 8.72. The molecule has 0 unspecified atom stereocenters. The van der Waals surface area contributed by atoms with Gasteiger partial charge in [-0.1, -0.05) is 30.4 Å². The topological polar surface area (TPSA) is 29.9 Å². The van der Waals surface area contributed by atoms with Crippen LogP contribution >= 0.6 is 0 Å². The lowest BCUT2D eigenvalue weighted by Gasteiger charge is -2.18. The minimum atomic E-state index is 0.821. The SMILES string of the molecule is Cc1nn(-c2ccccc2)c(C)c1CNC[C@@H]1C[C@H]2C=C[C@H]1C2. The molecule has 2 bridgehead atoms. The van der Waals surface area contributed by atoms with Crippen molar-refractivity contribution < 1.29 is 0 Å². The predicted octanol–water partition coefficient (Wildman–Crippen LogP) is 3.79. The quantitative estimate of drug-likeness (QED) is 0.852. The molecule has 0 aliphatic heterocycles. The van der Waals surface area contributed by atoms with Crippen molar-refractivity contribution in [1.29, 1.82) is 0 Å². The highest BCUT2D eigenvalue weighted by molar-refractivity contribution is 5.36. The molecule has 4 rings (SSSR count). The zero-order valence-electron chi connectivity index (χ0n) is 14.0. The number of aryl methyl sites for hydroxylation is 1. The first-order chi connectivity index (χ1) is 11.2. The number of fused-ring (bicyclic) bond motifs is 2. The van der Waals surface area contributed by atoms with E-state index in [2.05, 4.69) is 60.3 Å². The molecule has 1 saturated carbocycles. The molecule has 3 nitrogen and oxygen atoms in total. The van der Waals surface area contributed by atoms with Crippen molar-refractivity contribution in [2.75, 3.05) is 6.54 Å². The number of nitrogens with one attached hydrogen (secondary N) is 1. The Morgan fingerprint density at radius 2 is 1.96 bits per heavy atom. The fourth-order valence-electron chi connectivity index (χ4n) is 4.26. The highest BCUT2D eigenvalue weighted by Crippen LogP contribution is 2.42. The summed E-state index contributed by atoms with van der Waals surface area (Å²) in [6.45, 7) is 6.33. The first kappa shape index (κ1) is 14.7. The Labute approximate surface area is 138 Å². The van der Waals surface area contributed by atoms with Gasteiger partial charge in [-0.3, -0.25) is 0 Å². The summed E-state index contributed by atoms with van der Waals surface area (Å²) in [6.07, 6.45) is 7.61. The number of rotatable bonds is 5. The van der Waals surface area contributed by atoms with Crippen LogP contribution in [0.25, 0.3) is 5.69 Å². The molecule has 3 heteroatoms. The zero-order chi connectivity index (χ0) is 15.8. The summed E-state index contributed by atoms with van der Waals surface area (Å²) in [4.78, 5) is 0. The van der Waals surface area contributed by atoms with Crippen LogP contribution in [-0.2, 0) is 6.54 Å². The average Bonchev–Trinajstić information content (AvgIpc) is 3.25. The van der Waals surface area contributed by atoms with Gasteiger partial charge in [-0.2, -0.15) is 5.10 Å². The van der Waals surface area contributed by atoms with Crippen molar-refractivity contribution in [3.05, 3.63) is 59.4 Å². The maximum atomic E-state index is 4.73. The second-order valence-electron chi connectivity index (χ2n) is 7.07. The van der Waals surface area contributed by atoms with Crippen LogP contribution in [0.4, 0.5) is 0 Å². The minimum Gasteiger partial charge on any atom is -0.312 e. The molecular weight excluding hydrogens is 282 g/mol. The maximum absolute atomic E-state index is 4.73. The molecule has 2 aliphatic carbocycles. The van der Waals surface area contributed by atoms with Gasteiger partial charge < -0.3 is 5.32 Å². The number of allylic oxidation sites excluding steroid dienone is 2. The second kappa shape index (κ2) is 5.97. The summed E-state index contributed by atoms with van der Waals surface area (Å²) in [5, 5.41) is 8.42. The van der Waals surface area contributed by atoms with Crippen molar-refractivity contribution in [2.45, 2.75) is 33.2 Å². The molecule has 0 radical (unpaired) electrons. The number of hydrogen-bond donors (Lipinski definition) is 1. The Bertz CT molecular complexity index is 714. The van der Waals surface area contributed by atoms with Crippen molar-refractivity contribution in [2.24, 2.45) is 17.8 Å². The number of aromatic nitrogens is 2. The summed E-state index contributed by atoms with van der Waals surface area (Å²) in [6, 6.07) is 10.4. The predicted molar refractivity (Wildman–Crippen MR) is 93.6 cm³/mol. The fourth-order valence-corrected chi connectivity index (χ4v) is 4.26. The van der Waals surface area contributed by atoms with Gasteiger partial charge in [0.25, 0.3) is 0 Å². The van der Waals surface area contributed by atoms with Crippen LogP contribution in [0.15, 0.2) is 42.5 Å². The number of nitrogens with zero attached hydrogens (tertiary/aromatic N) is 2. The third kappa shape index (κ3) is 2.74. The van der Waals surface area contributed by atoms with Gasteiger partial charge in [0.1, 0.15) is 0 Å². The monoisotopic (exact) mass is 307 g/mol. The van der Waals surface area contributed by atoms with E-state index in [9.17, 15) is 0 Å². The second-order valence-corrected chi connectivity index (χ2v) is 7.07. The highest BCUT2D eigenvalue weighted by Gasteiger charge is 2.35. The van der Waals surface area contributed by atoms with Gasteiger partial charge in [0, 0.05) is 17.8 Å². The maximum Gasteiger partial charge on any atom is 0.0648 e. The Hall–Kier alpha value is -1.87. The van der Waals surface area contributed by atoms with Gasteiger partial charge in [-0.05, 0) is 63.1 Å². The van der Waals surface area contributed by atoms with Gasteiger partial charge in [-0.25, -0.2) is 4.68 Å². The van der Waals surface area contributed by atoms with Crippen molar-refractivity contribution in [3.63, 3.8) is 0 Å². The van der Waals surface area contributed by atoms with Crippen LogP contribution in [0.1, 0.15) is 29.8 Å². The highest BCUT2D eigenvalue weighted by atomic mass is 15.3. The number of para-hydroxylation sites is 1. The van der Waals surface area contributed by atoms with Gasteiger partial charge >= 0.3 is 0 Å². The van der Waals surface area contributed by atoms with E-state index in [0.29, 0.717) is 0 Å². The largest absolute Gasteiger partial charge is 0.312 e. The molecule has 0 saturated heterocycles. The van der Waals surface area contributed by atoms with Crippen LogP contribution in [0.5, 0.6) is 0 Å². The lowest BCUT2D eigenvalue weighted by atomic mass is 9.93. The van der Waals surface area contributed by atoms with Gasteiger partial charge in [0.2, 0.25) is 0 Å². The summed E-state index contributed by atoms with van der Waals surface area (Å²) in [5.41, 5.74) is 4.85. The Morgan fingerprint density at radius 3 is 2.65 bits per heavy atom. The molecule has 2 aliphatic rings. The van der Waals surface area contributed by atoms with E-state index in [4.69, 9.17) is 5.10 Å². The van der Waals surface area contributed by atoms with Crippen molar-refractivity contribution in [1.82, 2.24) is 15.1 Å². The van der Waals surface area contributed by atoms with Crippen LogP contribution in [0.2, 0.25) is 0 Å². The molecule has 1 aromatic carbocycles. The molecule has 1 fully saturated rings. The molecule has 23 heavy (non-hydrogen) atoms. The third-order valence-corrected chi connectivity index (χ3v) is 5.57. The minimum absolute atomic E-state index is 0.821. The van der Waals surface area contributed by atoms with Crippen LogP contribution in [0.3, 0.4) is 0 Å².